The lowest BCUT2D eigenvalue weighted by Gasteiger charge is -2.34. The molecule has 5 amide bonds. The molecule has 3 aliphatic rings. The van der Waals surface area contributed by atoms with Crippen LogP contribution in [0, 0.1) is 0 Å². The van der Waals surface area contributed by atoms with Crippen LogP contribution in [0.15, 0.2) is 0 Å². The van der Waals surface area contributed by atoms with E-state index in [1.807, 2.05) is 0 Å². The third-order valence-electron chi connectivity index (χ3n) is 6.71. The molecule has 0 unspecified atom stereocenters. The maximum absolute atomic E-state index is 13.4. The van der Waals surface area contributed by atoms with Gasteiger partial charge in [0.25, 0.3) is 0 Å². The van der Waals surface area contributed by atoms with Crippen LogP contribution in [0.2, 0.25) is 0 Å². The maximum atomic E-state index is 13.4. The first-order valence-corrected chi connectivity index (χ1v) is 11.5. The van der Waals surface area contributed by atoms with Gasteiger partial charge in [-0.2, -0.15) is 0 Å². The zero-order valence-electron chi connectivity index (χ0n) is 18.9. The number of hydrogen-bond acceptors (Lipinski definition) is 7. The minimum atomic E-state index is -1.23. The Morgan fingerprint density at radius 1 is 0.879 bits per heavy atom. The van der Waals surface area contributed by atoms with Gasteiger partial charge in [-0.1, -0.05) is 0 Å². The number of amides is 5. The number of rotatable bonds is 7. The highest BCUT2D eigenvalue weighted by Gasteiger charge is 2.45. The molecular formula is C21H34N6O6. The van der Waals surface area contributed by atoms with Gasteiger partial charge in [0.2, 0.25) is 29.5 Å². The zero-order valence-corrected chi connectivity index (χ0v) is 18.9. The summed E-state index contributed by atoms with van der Waals surface area (Å²) in [4.78, 5) is 67.7. The summed E-state index contributed by atoms with van der Waals surface area (Å²) in [6.07, 6.45) is 3.36. The molecule has 6 N–H and O–H groups in total. The fourth-order valence-corrected chi connectivity index (χ4v) is 5.00. The summed E-state index contributed by atoms with van der Waals surface area (Å²) in [6.45, 7) is 2.18. The Morgan fingerprint density at radius 3 is 1.82 bits per heavy atom. The van der Waals surface area contributed by atoms with Gasteiger partial charge >= 0.3 is 0 Å². The molecule has 184 valence electrons. The molecular weight excluding hydrogens is 432 g/mol. The molecule has 0 aromatic carbocycles. The molecule has 12 nitrogen and oxygen atoms in total. The maximum Gasteiger partial charge on any atom is 0.246 e. The van der Waals surface area contributed by atoms with Crippen molar-refractivity contribution in [3.8, 4) is 0 Å². The Bertz CT molecular complexity index is 804. The van der Waals surface area contributed by atoms with Crippen LogP contribution < -0.4 is 16.8 Å². The number of aliphatic hydroxyl groups is 1. The zero-order chi connectivity index (χ0) is 24.3. The van der Waals surface area contributed by atoms with Crippen LogP contribution >= 0.6 is 0 Å². The summed E-state index contributed by atoms with van der Waals surface area (Å²) < 4.78 is 0. The highest BCUT2D eigenvalue weighted by Crippen LogP contribution is 2.28. The normalized spacial score (nSPS) is 26.9. The number of nitrogens with two attached hydrogens (primary N) is 2. The summed E-state index contributed by atoms with van der Waals surface area (Å²) in [5.41, 5.74) is 10.9. The van der Waals surface area contributed by atoms with E-state index in [-0.39, 0.29) is 17.7 Å². The first-order valence-electron chi connectivity index (χ1n) is 11.5. The highest BCUT2D eigenvalue weighted by atomic mass is 16.3. The van der Waals surface area contributed by atoms with Crippen LogP contribution in [-0.2, 0) is 24.0 Å². The fourth-order valence-electron chi connectivity index (χ4n) is 5.00. The average molecular weight is 467 g/mol. The predicted octanol–water partition coefficient (Wildman–Crippen LogP) is -2.73. The summed E-state index contributed by atoms with van der Waals surface area (Å²) in [5.74, 6) is -2.28. The number of primary amides is 1. The van der Waals surface area contributed by atoms with Crippen molar-refractivity contribution in [1.82, 2.24) is 20.0 Å². The minimum absolute atomic E-state index is 0.258. The topological polar surface area (TPSA) is 179 Å². The second kappa shape index (κ2) is 10.5. The molecule has 3 rings (SSSR count). The van der Waals surface area contributed by atoms with Gasteiger partial charge in [0, 0.05) is 19.6 Å². The van der Waals surface area contributed by atoms with Crippen LogP contribution in [-0.4, -0.2) is 106 Å². The van der Waals surface area contributed by atoms with E-state index in [2.05, 4.69) is 5.32 Å². The lowest BCUT2D eigenvalue weighted by molar-refractivity contribution is -0.150. The first kappa shape index (κ1) is 24.9. The van der Waals surface area contributed by atoms with Crippen molar-refractivity contribution in [1.29, 1.82) is 0 Å². The van der Waals surface area contributed by atoms with E-state index in [0.29, 0.717) is 58.2 Å². The second-order valence-electron chi connectivity index (χ2n) is 9.00. The molecule has 3 fully saturated rings. The van der Waals surface area contributed by atoms with Crippen molar-refractivity contribution in [2.24, 2.45) is 11.5 Å². The van der Waals surface area contributed by atoms with E-state index in [1.54, 1.807) is 6.92 Å². The van der Waals surface area contributed by atoms with Gasteiger partial charge < -0.3 is 36.6 Å². The van der Waals surface area contributed by atoms with Gasteiger partial charge in [-0.3, -0.25) is 24.0 Å². The molecule has 12 heteroatoms. The van der Waals surface area contributed by atoms with Crippen LogP contribution in [0.1, 0.15) is 45.4 Å². The third kappa shape index (κ3) is 5.11. The lowest BCUT2D eigenvalue weighted by atomic mass is 10.1. The summed E-state index contributed by atoms with van der Waals surface area (Å²) in [6, 6.07) is -4.07. The van der Waals surface area contributed by atoms with Gasteiger partial charge in [0.05, 0.1) is 12.6 Å². The molecule has 0 spiro atoms. The molecule has 3 aliphatic heterocycles. The SMILES string of the molecule is C[C@H](N)C(=O)N1CCC[C@H]1C(=O)N1CCC[C@H]1C(=O)N1CCC[C@H]1C(=O)N[C@@H](CO)C(N)=O. The third-order valence-corrected chi connectivity index (χ3v) is 6.71. The van der Waals surface area contributed by atoms with Crippen LogP contribution in [0.3, 0.4) is 0 Å². The van der Waals surface area contributed by atoms with Gasteiger partial charge in [0.1, 0.15) is 24.2 Å². The quantitative estimate of drug-likeness (QED) is 0.314. The Kier molecular flexibility index (Phi) is 7.90. The largest absolute Gasteiger partial charge is 0.394 e. The molecule has 3 saturated heterocycles. The van der Waals surface area contributed by atoms with E-state index < -0.39 is 48.6 Å². The van der Waals surface area contributed by atoms with Crippen molar-refractivity contribution in [2.45, 2.75) is 75.7 Å². The van der Waals surface area contributed by atoms with Crippen molar-refractivity contribution >= 4 is 29.5 Å². The Morgan fingerprint density at radius 2 is 1.33 bits per heavy atom. The molecule has 0 aromatic heterocycles. The predicted molar refractivity (Wildman–Crippen MR) is 116 cm³/mol. The van der Waals surface area contributed by atoms with Crippen molar-refractivity contribution in [3.05, 3.63) is 0 Å². The highest BCUT2D eigenvalue weighted by molar-refractivity contribution is 5.96. The summed E-state index contributed by atoms with van der Waals surface area (Å²) >= 11 is 0. The molecule has 0 saturated carbocycles. The van der Waals surface area contributed by atoms with E-state index in [4.69, 9.17) is 11.5 Å². The molecule has 0 aliphatic carbocycles. The van der Waals surface area contributed by atoms with Gasteiger partial charge in [0.15, 0.2) is 0 Å². The second-order valence-corrected chi connectivity index (χ2v) is 9.00. The fraction of sp³-hybridized carbons (Fsp3) is 0.762. The molecule has 0 aromatic rings. The first-order chi connectivity index (χ1) is 15.7. The van der Waals surface area contributed by atoms with Gasteiger partial charge in [-0.05, 0) is 45.4 Å². The summed E-state index contributed by atoms with van der Waals surface area (Å²) in [7, 11) is 0. The van der Waals surface area contributed by atoms with Crippen molar-refractivity contribution in [2.75, 3.05) is 26.2 Å². The monoisotopic (exact) mass is 466 g/mol. The van der Waals surface area contributed by atoms with Gasteiger partial charge in [-0.15, -0.1) is 0 Å². The number of aliphatic hydroxyl groups excluding tert-OH is 1. The van der Waals surface area contributed by atoms with Crippen LogP contribution in [0.25, 0.3) is 0 Å². The van der Waals surface area contributed by atoms with E-state index in [0.717, 1.165) is 0 Å². The average Bonchev–Trinajstić information content (AvgIpc) is 3.54. The molecule has 0 radical (unpaired) electrons. The Hall–Kier alpha value is -2.73. The van der Waals surface area contributed by atoms with Crippen LogP contribution in [0.5, 0.6) is 0 Å². The minimum Gasteiger partial charge on any atom is -0.394 e. The smallest absolute Gasteiger partial charge is 0.246 e. The van der Waals surface area contributed by atoms with Gasteiger partial charge in [-0.25, -0.2) is 0 Å². The number of likely N-dealkylation sites (tertiary alicyclic amines) is 3. The number of hydrogen-bond donors (Lipinski definition) is 4. The Labute approximate surface area is 192 Å². The van der Waals surface area contributed by atoms with Crippen molar-refractivity contribution in [3.63, 3.8) is 0 Å². The van der Waals surface area contributed by atoms with E-state index >= 15 is 0 Å². The molecule has 5 atom stereocenters. The number of carbonyl (C=O) groups is 5. The van der Waals surface area contributed by atoms with Crippen LogP contribution in [0.4, 0.5) is 0 Å². The van der Waals surface area contributed by atoms with Crippen molar-refractivity contribution < 1.29 is 29.1 Å². The molecule has 33 heavy (non-hydrogen) atoms. The standard InChI is InChI=1S/C21H34N6O6/c1-12(22)19(31)26-9-3-6-15(26)21(33)27-10-4-7-16(27)20(32)25-8-2-5-14(25)18(30)24-13(11-28)17(23)29/h12-16,28H,2-11,22H2,1H3,(H2,23,29)(H,24,30)/t12-,13-,14-,15-,16-/m0/s1. The number of nitrogens with one attached hydrogen (secondary N) is 1. The van der Waals surface area contributed by atoms with E-state index in [9.17, 15) is 29.1 Å². The van der Waals surface area contributed by atoms with E-state index in [1.165, 1.54) is 14.7 Å². The number of nitrogens with zero attached hydrogens (tertiary/aromatic N) is 3. The Balaban J connectivity index is 1.71. The lowest BCUT2D eigenvalue weighted by Crippen LogP contribution is -2.58. The summed E-state index contributed by atoms with van der Waals surface area (Å²) in [5, 5.41) is 11.7. The molecule has 0 bridgehead atoms. The molecule has 3 heterocycles. The number of carbonyl (C=O) groups excluding carboxylic acids is 5.